The summed E-state index contributed by atoms with van der Waals surface area (Å²) in [6.45, 7) is 7.76. The van der Waals surface area contributed by atoms with Gasteiger partial charge in [-0.25, -0.2) is 13.4 Å². The number of benzene rings is 2. The van der Waals surface area contributed by atoms with Gasteiger partial charge in [0, 0.05) is 31.0 Å². The second kappa shape index (κ2) is 9.96. The molecule has 2 heterocycles. The number of ether oxygens (including phenoxy) is 2. The Labute approximate surface area is 206 Å². The summed E-state index contributed by atoms with van der Waals surface area (Å²) >= 11 is 1.64. The maximum atomic E-state index is 13.4. The number of anilines is 1. The third-order valence-electron chi connectivity index (χ3n) is 6.57. The summed E-state index contributed by atoms with van der Waals surface area (Å²) in [6.07, 6.45) is 1.91. The van der Waals surface area contributed by atoms with Crippen LogP contribution in [0.5, 0.6) is 11.5 Å². The van der Waals surface area contributed by atoms with Crippen LogP contribution in [0, 0.1) is 20.8 Å². The van der Waals surface area contributed by atoms with Crippen LogP contribution >= 0.6 is 11.3 Å². The predicted molar refractivity (Wildman–Crippen MR) is 138 cm³/mol. The Morgan fingerprint density at radius 3 is 2.32 bits per heavy atom. The molecule has 0 unspecified atom stereocenters. The van der Waals surface area contributed by atoms with E-state index in [1.54, 1.807) is 29.5 Å². The molecule has 0 N–H and O–H groups in total. The normalized spacial score (nSPS) is 14.9. The number of thiazole rings is 1. The Kier molecular flexibility index (Phi) is 7.19. The SMILES string of the molecule is COc1ccc(OC)c(S(=O)(=O)C2CCN(c3nc(Cc4c(C)cc(C)cc4C)cs3)CC2)c1. The van der Waals surface area contributed by atoms with Crippen LogP contribution in [0.4, 0.5) is 5.13 Å². The van der Waals surface area contributed by atoms with Gasteiger partial charge in [-0.1, -0.05) is 17.7 Å². The lowest BCUT2D eigenvalue weighted by Gasteiger charge is -2.31. The molecule has 6 nitrogen and oxygen atoms in total. The van der Waals surface area contributed by atoms with E-state index in [1.165, 1.54) is 36.5 Å². The van der Waals surface area contributed by atoms with Crippen LogP contribution in [0.2, 0.25) is 0 Å². The molecule has 0 amide bonds. The highest BCUT2D eigenvalue weighted by atomic mass is 32.2. The molecule has 1 fully saturated rings. The van der Waals surface area contributed by atoms with Crippen LogP contribution in [0.3, 0.4) is 0 Å². The van der Waals surface area contributed by atoms with Crippen molar-refractivity contribution in [1.82, 2.24) is 4.98 Å². The lowest BCUT2D eigenvalue weighted by atomic mass is 9.96. The molecule has 0 atom stereocenters. The molecule has 182 valence electrons. The largest absolute Gasteiger partial charge is 0.497 e. The monoisotopic (exact) mass is 500 g/mol. The fourth-order valence-electron chi connectivity index (χ4n) is 4.74. The first-order valence-electron chi connectivity index (χ1n) is 11.4. The van der Waals surface area contributed by atoms with Gasteiger partial charge in [0.25, 0.3) is 0 Å². The minimum atomic E-state index is -3.54. The topological polar surface area (TPSA) is 68.7 Å². The Morgan fingerprint density at radius 1 is 1.03 bits per heavy atom. The first-order chi connectivity index (χ1) is 16.2. The van der Waals surface area contributed by atoms with Crippen molar-refractivity contribution < 1.29 is 17.9 Å². The van der Waals surface area contributed by atoms with Gasteiger partial charge in [-0.15, -0.1) is 11.3 Å². The number of hydrogen-bond acceptors (Lipinski definition) is 7. The third-order valence-corrected chi connectivity index (χ3v) is 9.80. The zero-order valence-electron chi connectivity index (χ0n) is 20.4. The average Bonchev–Trinajstić information content (AvgIpc) is 3.29. The molecule has 2 aromatic carbocycles. The van der Waals surface area contributed by atoms with Crippen molar-refractivity contribution in [1.29, 1.82) is 0 Å². The molecule has 0 bridgehead atoms. The van der Waals surface area contributed by atoms with Gasteiger partial charge < -0.3 is 14.4 Å². The highest BCUT2D eigenvalue weighted by Gasteiger charge is 2.34. The van der Waals surface area contributed by atoms with Crippen LogP contribution in [-0.4, -0.2) is 46.0 Å². The zero-order chi connectivity index (χ0) is 24.5. The molecular formula is C26H32N2O4S2. The molecule has 1 saturated heterocycles. The average molecular weight is 501 g/mol. The first kappa shape index (κ1) is 24.5. The fourth-order valence-corrected chi connectivity index (χ4v) is 7.52. The highest BCUT2D eigenvalue weighted by Crippen LogP contribution is 2.35. The minimum Gasteiger partial charge on any atom is -0.497 e. The van der Waals surface area contributed by atoms with Crippen molar-refractivity contribution >= 4 is 26.3 Å². The van der Waals surface area contributed by atoms with E-state index in [0.717, 1.165) is 17.2 Å². The quantitative estimate of drug-likeness (QED) is 0.449. The van der Waals surface area contributed by atoms with Crippen molar-refractivity contribution in [3.63, 3.8) is 0 Å². The maximum Gasteiger partial charge on any atom is 0.185 e. The summed E-state index contributed by atoms with van der Waals surface area (Å²) in [6, 6.07) is 9.36. The number of rotatable bonds is 7. The van der Waals surface area contributed by atoms with Crippen molar-refractivity contribution in [3.8, 4) is 11.5 Å². The molecule has 0 spiro atoms. The molecule has 3 aromatic rings. The van der Waals surface area contributed by atoms with E-state index in [0.29, 0.717) is 37.4 Å². The minimum absolute atomic E-state index is 0.202. The predicted octanol–water partition coefficient (Wildman–Crippen LogP) is 5.12. The molecule has 1 aromatic heterocycles. The van der Waals surface area contributed by atoms with Gasteiger partial charge in [-0.3, -0.25) is 0 Å². The number of sulfone groups is 1. The lowest BCUT2D eigenvalue weighted by Crippen LogP contribution is -2.39. The summed E-state index contributed by atoms with van der Waals surface area (Å²) in [5.74, 6) is 0.862. The standard InChI is InChI=1S/C26H32N2O4S2/c1-17-12-18(2)23(19(3)13-17)14-20-16-33-26(27-20)28-10-8-22(9-11-28)34(29,30)25-15-21(31-4)6-7-24(25)32-5/h6-7,12-13,15-16,22H,8-11,14H2,1-5H3. The van der Waals surface area contributed by atoms with Crippen LogP contribution in [-0.2, 0) is 16.3 Å². The van der Waals surface area contributed by atoms with Gasteiger partial charge in [-0.2, -0.15) is 0 Å². The number of hydrogen-bond donors (Lipinski definition) is 0. The Hall–Kier alpha value is -2.58. The summed E-state index contributed by atoms with van der Waals surface area (Å²) in [4.78, 5) is 7.30. The van der Waals surface area contributed by atoms with Gasteiger partial charge in [0.15, 0.2) is 15.0 Å². The number of piperidine rings is 1. The summed E-state index contributed by atoms with van der Waals surface area (Å²) in [7, 11) is -0.523. The van der Waals surface area contributed by atoms with Crippen molar-refractivity contribution in [2.24, 2.45) is 0 Å². The van der Waals surface area contributed by atoms with Crippen molar-refractivity contribution in [2.75, 3.05) is 32.2 Å². The highest BCUT2D eigenvalue weighted by molar-refractivity contribution is 7.92. The van der Waals surface area contributed by atoms with Crippen LogP contribution in [0.25, 0.3) is 0 Å². The molecule has 1 aliphatic rings. The van der Waals surface area contributed by atoms with E-state index >= 15 is 0 Å². The zero-order valence-corrected chi connectivity index (χ0v) is 22.1. The molecular weight excluding hydrogens is 468 g/mol. The summed E-state index contributed by atoms with van der Waals surface area (Å²) in [5, 5.41) is 2.63. The first-order valence-corrected chi connectivity index (χ1v) is 13.9. The van der Waals surface area contributed by atoms with E-state index in [1.807, 2.05) is 0 Å². The molecule has 0 saturated carbocycles. The second-order valence-corrected chi connectivity index (χ2v) is 12.0. The van der Waals surface area contributed by atoms with Gasteiger partial charge in [0.1, 0.15) is 16.4 Å². The summed E-state index contributed by atoms with van der Waals surface area (Å²) in [5.41, 5.74) is 6.27. The van der Waals surface area contributed by atoms with E-state index in [-0.39, 0.29) is 4.90 Å². The molecule has 0 radical (unpaired) electrons. The maximum absolute atomic E-state index is 13.4. The Bertz CT molecular complexity index is 1250. The van der Waals surface area contributed by atoms with Crippen LogP contribution < -0.4 is 14.4 Å². The number of aromatic nitrogens is 1. The van der Waals surface area contributed by atoms with Crippen molar-refractivity contribution in [3.05, 3.63) is 63.7 Å². The van der Waals surface area contributed by atoms with Crippen LogP contribution in [0.15, 0.2) is 40.6 Å². The second-order valence-electron chi connectivity index (χ2n) is 8.92. The Balaban J connectivity index is 1.45. The molecule has 8 heteroatoms. The van der Waals surface area contributed by atoms with E-state index in [9.17, 15) is 8.42 Å². The van der Waals surface area contributed by atoms with Gasteiger partial charge in [0.05, 0.1) is 25.2 Å². The number of methoxy groups -OCH3 is 2. The molecule has 0 aliphatic carbocycles. The van der Waals surface area contributed by atoms with E-state index < -0.39 is 15.1 Å². The number of nitrogens with zero attached hydrogens (tertiary/aromatic N) is 2. The smallest absolute Gasteiger partial charge is 0.185 e. The van der Waals surface area contributed by atoms with Gasteiger partial charge in [-0.05, 0) is 62.4 Å². The summed E-state index contributed by atoms with van der Waals surface area (Å²) < 4.78 is 37.4. The van der Waals surface area contributed by atoms with E-state index in [2.05, 4.69) is 43.2 Å². The molecule has 1 aliphatic heterocycles. The lowest BCUT2D eigenvalue weighted by molar-refractivity contribution is 0.391. The van der Waals surface area contributed by atoms with E-state index in [4.69, 9.17) is 14.5 Å². The molecule has 4 rings (SSSR count). The number of aryl methyl sites for hydroxylation is 3. The van der Waals surface area contributed by atoms with Crippen molar-refractivity contribution in [2.45, 2.75) is 50.2 Å². The van der Waals surface area contributed by atoms with Gasteiger partial charge >= 0.3 is 0 Å². The van der Waals surface area contributed by atoms with Crippen LogP contribution in [0.1, 0.15) is 40.8 Å². The van der Waals surface area contributed by atoms with Gasteiger partial charge in [0.2, 0.25) is 0 Å². The fraction of sp³-hybridized carbons (Fsp3) is 0.423. The Morgan fingerprint density at radius 2 is 1.71 bits per heavy atom. The molecule has 34 heavy (non-hydrogen) atoms. The third kappa shape index (κ3) is 4.93.